The molecule has 5 nitrogen and oxygen atoms in total. The first-order valence-corrected chi connectivity index (χ1v) is 10.0. The number of anilines is 1. The number of ether oxygens (including phenoxy) is 1. The molecule has 1 N–H and O–H groups in total. The molecule has 3 unspecified atom stereocenters. The minimum atomic E-state index is -4.48. The lowest BCUT2D eigenvalue weighted by Crippen LogP contribution is -2.54. The average molecular weight is 426 g/mol. The Morgan fingerprint density at radius 1 is 1.23 bits per heavy atom. The number of esters is 1. The normalized spacial score (nSPS) is 26.0. The highest BCUT2D eigenvalue weighted by Crippen LogP contribution is 2.65. The van der Waals surface area contributed by atoms with Crippen LogP contribution in [0.2, 0.25) is 0 Å². The van der Waals surface area contributed by atoms with Crippen molar-refractivity contribution in [3.8, 4) is 0 Å². The van der Waals surface area contributed by atoms with Crippen LogP contribution in [0, 0.1) is 22.7 Å². The van der Waals surface area contributed by atoms with Gasteiger partial charge >= 0.3 is 12.1 Å². The van der Waals surface area contributed by atoms with Gasteiger partial charge in [-0.2, -0.15) is 13.2 Å². The van der Waals surface area contributed by atoms with E-state index in [0.29, 0.717) is 6.54 Å². The molecule has 0 spiro atoms. The second-order valence-corrected chi connectivity index (χ2v) is 9.93. The van der Waals surface area contributed by atoms with Gasteiger partial charge in [-0.25, -0.2) is 4.79 Å². The maximum absolute atomic E-state index is 13.5. The molecule has 1 aliphatic heterocycles. The zero-order chi connectivity index (χ0) is 22.6. The first-order chi connectivity index (χ1) is 13.7. The summed E-state index contributed by atoms with van der Waals surface area (Å²) in [5, 5.41) is 2.99. The number of benzene rings is 1. The fourth-order valence-electron chi connectivity index (χ4n) is 4.67. The van der Waals surface area contributed by atoms with Crippen molar-refractivity contribution >= 4 is 17.6 Å². The van der Waals surface area contributed by atoms with Crippen LogP contribution in [0.1, 0.15) is 40.2 Å². The molecule has 1 aliphatic carbocycles. The van der Waals surface area contributed by atoms with Crippen LogP contribution in [-0.2, 0) is 20.5 Å². The van der Waals surface area contributed by atoms with Crippen molar-refractivity contribution in [2.75, 3.05) is 19.0 Å². The number of piperidine rings is 1. The van der Waals surface area contributed by atoms with Gasteiger partial charge < -0.3 is 15.0 Å². The van der Waals surface area contributed by atoms with Gasteiger partial charge in [-0.05, 0) is 34.9 Å². The molecule has 30 heavy (non-hydrogen) atoms. The van der Waals surface area contributed by atoms with Gasteiger partial charge in [-0.1, -0.05) is 40.7 Å². The van der Waals surface area contributed by atoms with E-state index in [4.69, 9.17) is 4.74 Å². The summed E-state index contributed by atoms with van der Waals surface area (Å²) in [7, 11) is 1.30. The van der Waals surface area contributed by atoms with Crippen LogP contribution < -0.4 is 5.32 Å². The summed E-state index contributed by atoms with van der Waals surface area (Å²) in [5.41, 5.74) is -1.23. The Kier molecular flexibility index (Phi) is 5.36. The molecule has 8 heteroatoms. The number of carbonyl (C=O) groups is 2. The summed E-state index contributed by atoms with van der Waals surface area (Å²) in [5.74, 6) is -0.519. The van der Waals surface area contributed by atoms with Crippen LogP contribution in [0.3, 0.4) is 0 Å². The van der Waals surface area contributed by atoms with E-state index in [2.05, 4.69) is 19.2 Å². The molecule has 2 aliphatic rings. The molecular formula is C22H29F3N2O3. The third-order valence-corrected chi connectivity index (χ3v) is 6.55. The maximum Gasteiger partial charge on any atom is 0.416 e. The van der Waals surface area contributed by atoms with Crippen molar-refractivity contribution in [1.82, 2.24) is 4.90 Å². The topological polar surface area (TPSA) is 58.6 Å². The van der Waals surface area contributed by atoms with Crippen LogP contribution in [0.5, 0.6) is 0 Å². The van der Waals surface area contributed by atoms with Gasteiger partial charge in [-0.15, -0.1) is 0 Å². The third-order valence-electron chi connectivity index (χ3n) is 6.55. The van der Waals surface area contributed by atoms with Gasteiger partial charge in [0.25, 0.3) is 0 Å². The number of hydrogen-bond acceptors (Lipinski definition) is 4. The predicted octanol–water partition coefficient (Wildman–Crippen LogP) is 4.19. The number of methoxy groups -OCH3 is 1. The summed E-state index contributed by atoms with van der Waals surface area (Å²) >= 11 is 0. The molecule has 1 amide bonds. The highest BCUT2D eigenvalue weighted by molar-refractivity contribution is 5.91. The molecule has 0 aromatic heterocycles. The van der Waals surface area contributed by atoms with Gasteiger partial charge in [0.2, 0.25) is 5.91 Å². The summed E-state index contributed by atoms with van der Waals surface area (Å²) in [6.45, 7) is 10.1. The number of amides is 1. The minimum absolute atomic E-state index is 0.0306. The Bertz CT molecular complexity index is 845. The number of rotatable bonds is 4. The van der Waals surface area contributed by atoms with Crippen molar-refractivity contribution < 1.29 is 27.5 Å². The number of nitrogens with one attached hydrogen (secondary N) is 1. The van der Waals surface area contributed by atoms with Crippen molar-refractivity contribution in [1.29, 1.82) is 0 Å². The minimum Gasteiger partial charge on any atom is -0.467 e. The molecule has 1 aromatic carbocycles. The van der Waals surface area contributed by atoms with E-state index < -0.39 is 35.2 Å². The number of likely N-dealkylation sites (tertiary alicyclic amines) is 1. The third kappa shape index (κ3) is 3.88. The van der Waals surface area contributed by atoms with Gasteiger partial charge in [0.05, 0.1) is 12.7 Å². The molecule has 1 aromatic rings. The quantitative estimate of drug-likeness (QED) is 0.734. The van der Waals surface area contributed by atoms with Crippen LogP contribution >= 0.6 is 0 Å². The number of carbonyl (C=O) groups excluding carboxylic acids is 2. The Morgan fingerprint density at radius 2 is 1.87 bits per heavy atom. The summed E-state index contributed by atoms with van der Waals surface area (Å²) in [4.78, 5) is 27.5. The highest BCUT2D eigenvalue weighted by atomic mass is 19.4. The van der Waals surface area contributed by atoms with E-state index in [0.717, 1.165) is 12.1 Å². The fourth-order valence-corrected chi connectivity index (χ4v) is 4.67. The first-order valence-electron chi connectivity index (χ1n) is 10.0. The van der Waals surface area contributed by atoms with E-state index in [9.17, 15) is 22.8 Å². The van der Waals surface area contributed by atoms with Crippen molar-refractivity contribution in [3.05, 3.63) is 29.8 Å². The monoisotopic (exact) mass is 426 g/mol. The van der Waals surface area contributed by atoms with Crippen LogP contribution in [0.4, 0.5) is 18.9 Å². The zero-order valence-electron chi connectivity index (χ0n) is 18.1. The van der Waals surface area contributed by atoms with E-state index in [1.54, 1.807) is 4.90 Å². The smallest absolute Gasteiger partial charge is 0.416 e. The average Bonchev–Trinajstić information content (AvgIpc) is 2.99. The SMILES string of the molecule is COC(=O)C1C2C(CN1C(=O)[C@@H](Nc1cccc(C(F)(F)F)c1)C(C)(C)C)C2(C)C. The zero-order valence-corrected chi connectivity index (χ0v) is 18.1. The Labute approximate surface area is 175 Å². The van der Waals surface area contributed by atoms with E-state index in [-0.39, 0.29) is 28.8 Å². The van der Waals surface area contributed by atoms with Crippen LogP contribution in [0.25, 0.3) is 0 Å². The summed E-state index contributed by atoms with van der Waals surface area (Å²) in [6.07, 6.45) is -4.48. The molecule has 4 atom stereocenters. The highest BCUT2D eigenvalue weighted by Gasteiger charge is 2.70. The number of halogens is 3. The molecule has 0 radical (unpaired) electrons. The van der Waals surface area contributed by atoms with Crippen LogP contribution in [0.15, 0.2) is 24.3 Å². The lowest BCUT2D eigenvalue weighted by atomic mass is 9.85. The van der Waals surface area contributed by atoms with Crippen molar-refractivity contribution in [3.63, 3.8) is 0 Å². The fraction of sp³-hybridized carbons (Fsp3) is 0.636. The molecule has 0 bridgehead atoms. The largest absolute Gasteiger partial charge is 0.467 e. The number of nitrogens with zero attached hydrogens (tertiary/aromatic N) is 1. The number of fused-ring (bicyclic) bond motifs is 1. The van der Waals surface area contributed by atoms with Gasteiger partial charge in [0.15, 0.2) is 0 Å². The lowest BCUT2D eigenvalue weighted by molar-refractivity contribution is -0.154. The second kappa shape index (κ2) is 7.17. The predicted molar refractivity (Wildman–Crippen MR) is 107 cm³/mol. The Balaban J connectivity index is 1.88. The number of hydrogen-bond donors (Lipinski definition) is 1. The standard InChI is InChI=1S/C22H29F3N2O3/c1-20(2,3)17(26-13-9-7-8-12(10-13)22(23,24)25)18(28)27-11-14-15(21(14,4)5)16(27)19(29)30-6/h7-10,14-17,26H,11H2,1-6H3/t14?,15?,16?,17-/m1/s1. The molecule has 1 saturated carbocycles. The maximum atomic E-state index is 13.5. The second-order valence-electron chi connectivity index (χ2n) is 9.93. The molecule has 1 saturated heterocycles. The summed E-state index contributed by atoms with van der Waals surface area (Å²) in [6, 6.07) is 3.31. The molecule has 2 fully saturated rings. The van der Waals surface area contributed by atoms with Crippen molar-refractivity contribution in [2.24, 2.45) is 22.7 Å². The molecule has 3 rings (SSSR count). The van der Waals surface area contributed by atoms with Crippen LogP contribution in [-0.4, -0.2) is 42.5 Å². The molecule has 1 heterocycles. The lowest BCUT2D eigenvalue weighted by Gasteiger charge is -2.37. The molecule has 166 valence electrons. The van der Waals surface area contributed by atoms with Crippen molar-refractivity contribution in [2.45, 2.75) is 52.9 Å². The Hall–Kier alpha value is -2.25. The first kappa shape index (κ1) is 22.4. The van der Waals surface area contributed by atoms with E-state index in [1.165, 1.54) is 19.2 Å². The summed E-state index contributed by atoms with van der Waals surface area (Å²) < 4.78 is 44.2. The van der Waals surface area contributed by atoms with E-state index in [1.807, 2.05) is 20.8 Å². The Morgan fingerprint density at radius 3 is 2.40 bits per heavy atom. The van der Waals surface area contributed by atoms with Gasteiger partial charge in [0.1, 0.15) is 12.1 Å². The van der Waals surface area contributed by atoms with E-state index >= 15 is 0 Å². The van der Waals surface area contributed by atoms with Gasteiger partial charge in [0, 0.05) is 18.2 Å². The molecular weight excluding hydrogens is 397 g/mol. The number of alkyl halides is 3. The van der Waals surface area contributed by atoms with Gasteiger partial charge in [-0.3, -0.25) is 4.79 Å².